The van der Waals surface area contributed by atoms with E-state index in [9.17, 15) is 4.79 Å². The first-order chi connectivity index (χ1) is 7.65. The molecule has 0 aliphatic rings. The first-order valence-corrected chi connectivity index (χ1v) is 5.82. The van der Waals surface area contributed by atoms with Crippen molar-refractivity contribution in [2.45, 2.75) is 26.7 Å². The van der Waals surface area contributed by atoms with Crippen LogP contribution < -0.4 is 0 Å². The maximum atomic E-state index is 11.9. The van der Waals surface area contributed by atoms with Crippen LogP contribution in [0, 0.1) is 11.8 Å². The first kappa shape index (κ1) is 12.7. The van der Waals surface area contributed by atoms with E-state index in [0.717, 1.165) is 6.42 Å². The summed E-state index contributed by atoms with van der Waals surface area (Å²) < 4.78 is 0. The molecule has 0 N–H and O–H groups in total. The summed E-state index contributed by atoms with van der Waals surface area (Å²) in [5.74, 6) is 0.793. The number of ketones is 1. The summed E-state index contributed by atoms with van der Waals surface area (Å²) in [4.78, 5) is 11.9. The van der Waals surface area contributed by atoms with Gasteiger partial charge in [0.25, 0.3) is 0 Å². The van der Waals surface area contributed by atoms with Crippen molar-refractivity contribution in [2.75, 3.05) is 0 Å². The van der Waals surface area contributed by atoms with Crippen molar-refractivity contribution in [2.24, 2.45) is 11.8 Å². The van der Waals surface area contributed by atoms with Gasteiger partial charge in [0, 0.05) is 12.3 Å². The van der Waals surface area contributed by atoms with Crippen molar-refractivity contribution in [3.05, 3.63) is 48.6 Å². The second kappa shape index (κ2) is 6.26. The number of benzene rings is 1. The number of rotatable bonds is 6. The van der Waals surface area contributed by atoms with E-state index in [1.807, 2.05) is 18.2 Å². The van der Waals surface area contributed by atoms with Gasteiger partial charge in [-0.3, -0.25) is 4.79 Å². The Morgan fingerprint density at radius 2 is 1.94 bits per heavy atom. The standard InChI is InChI=1S/C15H20O/c1-4-8-15(16)14(12(2)3)11-13-9-6-5-7-10-13/h4-7,9-10,12,14H,1,8,11H2,2-3H3/t14-/m1/s1. The molecule has 0 amide bonds. The molecule has 0 aromatic heterocycles. The summed E-state index contributed by atoms with van der Waals surface area (Å²) in [7, 11) is 0. The largest absolute Gasteiger partial charge is 0.299 e. The lowest BCUT2D eigenvalue weighted by atomic mass is 9.84. The normalized spacial score (nSPS) is 12.4. The van der Waals surface area contributed by atoms with E-state index in [2.05, 4.69) is 32.6 Å². The van der Waals surface area contributed by atoms with Gasteiger partial charge in [-0.15, -0.1) is 6.58 Å². The van der Waals surface area contributed by atoms with Crippen LogP contribution in [0.5, 0.6) is 0 Å². The van der Waals surface area contributed by atoms with Gasteiger partial charge >= 0.3 is 0 Å². The predicted molar refractivity (Wildman–Crippen MR) is 68.3 cm³/mol. The lowest BCUT2D eigenvalue weighted by molar-refractivity contribution is -0.123. The number of carbonyl (C=O) groups excluding carboxylic acids is 1. The zero-order valence-corrected chi connectivity index (χ0v) is 10.1. The van der Waals surface area contributed by atoms with Crippen LogP contribution in [-0.4, -0.2) is 5.78 Å². The van der Waals surface area contributed by atoms with E-state index < -0.39 is 0 Å². The molecule has 1 rings (SSSR count). The molecule has 0 unspecified atom stereocenters. The summed E-state index contributed by atoms with van der Waals surface area (Å²) in [6.07, 6.45) is 3.02. The van der Waals surface area contributed by atoms with Crippen LogP contribution >= 0.6 is 0 Å². The third-order valence-corrected chi connectivity index (χ3v) is 2.86. The third kappa shape index (κ3) is 3.65. The molecular formula is C15H20O. The molecule has 0 aliphatic heterocycles. The molecule has 0 bridgehead atoms. The Hall–Kier alpha value is -1.37. The van der Waals surface area contributed by atoms with Gasteiger partial charge in [0.1, 0.15) is 5.78 Å². The van der Waals surface area contributed by atoms with Gasteiger partial charge in [-0.1, -0.05) is 50.3 Å². The zero-order chi connectivity index (χ0) is 12.0. The average Bonchev–Trinajstić information content (AvgIpc) is 2.27. The molecule has 1 atom stereocenters. The van der Waals surface area contributed by atoms with Gasteiger partial charge in [0.05, 0.1) is 0 Å². The highest BCUT2D eigenvalue weighted by Crippen LogP contribution is 2.19. The number of carbonyl (C=O) groups is 1. The van der Waals surface area contributed by atoms with E-state index in [1.54, 1.807) is 6.08 Å². The molecule has 0 saturated heterocycles. The summed E-state index contributed by atoms with van der Waals surface area (Å²) in [5.41, 5.74) is 1.23. The SMILES string of the molecule is C=CCC(=O)[C@H](Cc1ccccc1)C(C)C. The van der Waals surface area contributed by atoms with Crippen molar-refractivity contribution >= 4 is 5.78 Å². The molecule has 1 aromatic carbocycles. The second-order valence-electron chi connectivity index (χ2n) is 4.50. The fourth-order valence-electron chi connectivity index (χ4n) is 1.88. The maximum Gasteiger partial charge on any atom is 0.140 e. The maximum absolute atomic E-state index is 11.9. The number of allylic oxidation sites excluding steroid dienone is 1. The van der Waals surface area contributed by atoms with Gasteiger partial charge in [0.15, 0.2) is 0 Å². The molecule has 0 spiro atoms. The van der Waals surface area contributed by atoms with Gasteiger partial charge < -0.3 is 0 Å². The first-order valence-electron chi connectivity index (χ1n) is 5.82. The molecule has 0 saturated carbocycles. The zero-order valence-electron chi connectivity index (χ0n) is 10.1. The number of hydrogen-bond donors (Lipinski definition) is 0. The molecule has 0 radical (unpaired) electrons. The molecule has 1 nitrogen and oxygen atoms in total. The van der Waals surface area contributed by atoms with E-state index in [4.69, 9.17) is 0 Å². The van der Waals surface area contributed by atoms with Crippen LogP contribution in [0.15, 0.2) is 43.0 Å². The van der Waals surface area contributed by atoms with Gasteiger partial charge in [-0.25, -0.2) is 0 Å². The van der Waals surface area contributed by atoms with Crippen LogP contribution in [0.2, 0.25) is 0 Å². The van der Waals surface area contributed by atoms with Crippen LogP contribution in [0.4, 0.5) is 0 Å². The fourth-order valence-corrected chi connectivity index (χ4v) is 1.88. The minimum Gasteiger partial charge on any atom is -0.299 e. The minimum absolute atomic E-state index is 0.111. The van der Waals surface area contributed by atoms with Gasteiger partial charge in [-0.05, 0) is 17.9 Å². The monoisotopic (exact) mass is 216 g/mol. The average molecular weight is 216 g/mol. The van der Waals surface area contributed by atoms with Crippen molar-refractivity contribution in [3.8, 4) is 0 Å². The van der Waals surface area contributed by atoms with Crippen molar-refractivity contribution in [1.82, 2.24) is 0 Å². The molecule has 16 heavy (non-hydrogen) atoms. The molecule has 0 fully saturated rings. The third-order valence-electron chi connectivity index (χ3n) is 2.86. The van der Waals surface area contributed by atoms with Gasteiger partial charge in [-0.2, -0.15) is 0 Å². The molecular weight excluding hydrogens is 196 g/mol. The molecule has 1 aromatic rings. The Bertz CT molecular complexity index is 338. The topological polar surface area (TPSA) is 17.1 Å². The Labute approximate surface area is 98.2 Å². The Morgan fingerprint density at radius 1 is 1.31 bits per heavy atom. The summed E-state index contributed by atoms with van der Waals surface area (Å²) in [6, 6.07) is 10.2. The highest BCUT2D eigenvalue weighted by atomic mass is 16.1. The van der Waals surface area contributed by atoms with Crippen LogP contribution in [0.1, 0.15) is 25.8 Å². The quantitative estimate of drug-likeness (QED) is 0.663. The highest BCUT2D eigenvalue weighted by molar-refractivity contribution is 5.82. The summed E-state index contributed by atoms with van der Waals surface area (Å²) >= 11 is 0. The van der Waals surface area contributed by atoms with Crippen molar-refractivity contribution < 1.29 is 4.79 Å². The van der Waals surface area contributed by atoms with E-state index in [-0.39, 0.29) is 5.92 Å². The van der Waals surface area contributed by atoms with E-state index >= 15 is 0 Å². The Balaban J connectivity index is 2.72. The van der Waals surface area contributed by atoms with E-state index in [0.29, 0.717) is 18.1 Å². The van der Waals surface area contributed by atoms with Crippen molar-refractivity contribution in [3.63, 3.8) is 0 Å². The molecule has 1 heteroatoms. The summed E-state index contributed by atoms with van der Waals surface area (Å²) in [6.45, 7) is 7.84. The van der Waals surface area contributed by atoms with E-state index in [1.165, 1.54) is 5.56 Å². The number of Topliss-reactive ketones (excluding diaryl/α,β-unsaturated/α-hetero) is 1. The van der Waals surface area contributed by atoms with Crippen LogP contribution in [0.3, 0.4) is 0 Å². The van der Waals surface area contributed by atoms with Crippen molar-refractivity contribution in [1.29, 1.82) is 0 Å². The molecule has 86 valence electrons. The molecule has 0 aliphatic carbocycles. The lowest BCUT2D eigenvalue weighted by Gasteiger charge is -2.19. The predicted octanol–water partition coefficient (Wildman–Crippen LogP) is 3.65. The Kier molecular flexibility index (Phi) is 4.97. The summed E-state index contributed by atoms with van der Waals surface area (Å²) in [5, 5.41) is 0. The Morgan fingerprint density at radius 3 is 2.44 bits per heavy atom. The van der Waals surface area contributed by atoms with Crippen LogP contribution in [0.25, 0.3) is 0 Å². The highest BCUT2D eigenvalue weighted by Gasteiger charge is 2.20. The second-order valence-corrected chi connectivity index (χ2v) is 4.50. The lowest BCUT2D eigenvalue weighted by Crippen LogP contribution is -2.22. The van der Waals surface area contributed by atoms with Crippen LogP contribution in [-0.2, 0) is 11.2 Å². The molecule has 0 heterocycles. The smallest absolute Gasteiger partial charge is 0.140 e. The fraction of sp³-hybridized carbons (Fsp3) is 0.400. The van der Waals surface area contributed by atoms with Gasteiger partial charge in [0.2, 0.25) is 0 Å². The number of hydrogen-bond acceptors (Lipinski definition) is 1. The minimum atomic E-state index is 0.111.